The van der Waals surface area contributed by atoms with Crippen LogP contribution in [0.5, 0.6) is 0 Å². The highest BCUT2D eigenvalue weighted by molar-refractivity contribution is 6.42. The molecule has 0 radical (unpaired) electrons. The third-order valence-corrected chi connectivity index (χ3v) is 3.16. The summed E-state index contributed by atoms with van der Waals surface area (Å²) < 4.78 is 5.56. The van der Waals surface area contributed by atoms with Gasteiger partial charge in [0.1, 0.15) is 0 Å². The zero-order valence-electron chi connectivity index (χ0n) is 11.2. The Labute approximate surface area is 120 Å². The SMILES string of the molecule is CC(C)(C)NCCOCCc1ccc(Cl)c(Cl)c1. The summed E-state index contributed by atoms with van der Waals surface area (Å²) in [6.45, 7) is 8.71. The Morgan fingerprint density at radius 3 is 2.44 bits per heavy atom. The van der Waals surface area contributed by atoms with Gasteiger partial charge in [0.15, 0.2) is 0 Å². The minimum atomic E-state index is 0.146. The van der Waals surface area contributed by atoms with Gasteiger partial charge in [-0.25, -0.2) is 0 Å². The van der Waals surface area contributed by atoms with Crippen molar-refractivity contribution >= 4 is 23.2 Å². The van der Waals surface area contributed by atoms with Crippen LogP contribution in [-0.4, -0.2) is 25.3 Å². The molecule has 1 N–H and O–H groups in total. The Morgan fingerprint density at radius 2 is 1.83 bits per heavy atom. The van der Waals surface area contributed by atoms with Crippen LogP contribution in [0.1, 0.15) is 26.3 Å². The van der Waals surface area contributed by atoms with E-state index in [0.29, 0.717) is 16.7 Å². The van der Waals surface area contributed by atoms with Crippen LogP contribution in [0.2, 0.25) is 10.0 Å². The van der Waals surface area contributed by atoms with Gasteiger partial charge in [-0.1, -0.05) is 29.3 Å². The molecule has 0 aliphatic heterocycles. The molecule has 0 aromatic heterocycles. The van der Waals surface area contributed by atoms with Crippen molar-refractivity contribution in [1.82, 2.24) is 5.32 Å². The molecule has 4 heteroatoms. The first-order valence-electron chi connectivity index (χ1n) is 6.15. The molecule has 0 aliphatic rings. The number of hydrogen-bond donors (Lipinski definition) is 1. The number of halogens is 2. The van der Waals surface area contributed by atoms with E-state index in [-0.39, 0.29) is 5.54 Å². The molecular weight excluding hydrogens is 269 g/mol. The Hall–Kier alpha value is -0.280. The van der Waals surface area contributed by atoms with Crippen molar-refractivity contribution in [3.63, 3.8) is 0 Å². The van der Waals surface area contributed by atoms with Crippen molar-refractivity contribution < 1.29 is 4.74 Å². The fraction of sp³-hybridized carbons (Fsp3) is 0.571. The second-order valence-corrected chi connectivity index (χ2v) is 6.10. The number of hydrogen-bond acceptors (Lipinski definition) is 2. The molecule has 0 atom stereocenters. The lowest BCUT2D eigenvalue weighted by Gasteiger charge is -2.20. The summed E-state index contributed by atoms with van der Waals surface area (Å²) >= 11 is 11.8. The normalized spacial score (nSPS) is 11.8. The molecule has 0 fully saturated rings. The molecule has 18 heavy (non-hydrogen) atoms. The van der Waals surface area contributed by atoms with Gasteiger partial charge in [-0.2, -0.15) is 0 Å². The Bertz CT molecular complexity index is 375. The topological polar surface area (TPSA) is 21.3 Å². The lowest BCUT2D eigenvalue weighted by molar-refractivity contribution is 0.133. The Kier molecular flexibility index (Phi) is 6.44. The van der Waals surface area contributed by atoms with Gasteiger partial charge in [0.25, 0.3) is 0 Å². The molecular formula is C14H21Cl2NO. The van der Waals surface area contributed by atoms with Crippen LogP contribution < -0.4 is 5.32 Å². The monoisotopic (exact) mass is 289 g/mol. The van der Waals surface area contributed by atoms with Gasteiger partial charge in [0, 0.05) is 12.1 Å². The molecule has 0 saturated heterocycles. The van der Waals surface area contributed by atoms with E-state index in [1.807, 2.05) is 18.2 Å². The molecule has 0 unspecified atom stereocenters. The number of benzene rings is 1. The highest BCUT2D eigenvalue weighted by Gasteiger charge is 2.07. The molecule has 102 valence electrons. The van der Waals surface area contributed by atoms with Crippen molar-refractivity contribution in [2.24, 2.45) is 0 Å². The van der Waals surface area contributed by atoms with Gasteiger partial charge >= 0.3 is 0 Å². The van der Waals surface area contributed by atoms with Crippen LogP contribution in [0, 0.1) is 0 Å². The van der Waals surface area contributed by atoms with Crippen molar-refractivity contribution in [2.45, 2.75) is 32.7 Å². The summed E-state index contributed by atoms with van der Waals surface area (Å²) in [6, 6.07) is 5.69. The molecule has 0 saturated carbocycles. The van der Waals surface area contributed by atoms with Gasteiger partial charge in [0.05, 0.1) is 23.3 Å². The molecule has 0 bridgehead atoms. The fourth-order valence-electron chi connectivity index (χ4n) is 1.49. The summed E-state index contributed by atoms with van der Waals surface area (Å²) in [6.07, 6.45) is 0.854. The van der Waals surface area contributed by atoms with Gasteiger partial charge in [-0.05, 0) is 44.9 Å². The first kappa shape index (κ1) is 15.8. The quantitative estimate of drug-likeness (QED) is 0.801. The predicted molar refractivity (Wildman–Crippen MR) is 78.7 cm³/mol. The van der Waals surface area contributed by atoms with E-state index in [1.54, 1.807) is 0 Å². The maximum atomic E-state index is 5.94. The highest BCUT2D eigenvalue weighted by atomic mass is 35.5. The molecule has 1 rings (SSSR count). The summed E-state index contributed by atoms with van der Waals surface area (Å²) in [5.74, 6) is 0. The molecule has 0 amide bonds. The van der Waals surface area contributed by atoms with E-state index >= 15 is 0 Å². The van der Waals surface area contributed by atoms with Crippen LogP contribution in [0.4, 0.5) is 0 Å². The second kappa shape index (κ2) is 7.34. The summed E-state index contributed by atoms with van der Waals surface area (Å²) in [5.41, 5.74) is 1.29. The third-order valence-electron chi connectivity index (χ3n) is 2.42. The van der Waals surface area contributed by atoms with E-state index in [1.165, 1.54) is 0 Å². The lowest BCUT2D eigenvalue weighted by atomic mass is 10.1. The van der Waals surface area contributed by atoms with E-state index in [4.69, 9.17) is 27.9 Å². The van der Waals surface area contributed by atoms with Crippen LogP contribution >= 0.6 is 23.2 Å². The summed E-state index contributed by atoms with van der Waals surface area (Å²) in [5, 5.41) is 4.57. The summed E-state index contributed by atoms with van der Waals surface area (Å²) in [7, 11) is 0. The van der Waals surface area contributed by atoms with Crippen LogP contribution in [-0.2, 0) is 11.2 Å². The van der Waals surface area contributed by atoms with E-state index in [0.717, 1.165) is 25.1 Å². The predicted octanol–water partition coefficient (Wildman–Crippen LogP) is 3.94. The standard InChI is InChI=1S/C14H21Cl2NO/c1-14(2,3)17-7-9-18-8-6-11-4-5-12(15)13(16)10-11/h4-5,10,17H,6-9H2,1-3H3. The number of ether oxygens (including phenoxy) is 1. The molecule has 0 aliphatic carbocycles. The van der Waals surface area contributed by atoms with Crippen molar-refractivity contribution in [2.75, 3.05) is 19.8 Å². The molecule has 0 spiro atoms. The molecule has 1 aromatic carbocycles. The largest absolute Gasteiger partial charge is 0.380 e. The minimum Gasteiger partial charge on any atom is -0.380 e. The van der Waals surface area contributed by atoms with Crippen molar-refractivity contribution in [1.29, 1.82) is 0 Å². The maximum Gasteiger partial charge on any atom is 0.0595 e. The molecule has 0 heterocycles. The zero-order chi connectivity index (χ0) is 13.6. The fourth-order valence-corrected chi connectivity index (χ4v) is 1.81. The third kappa shape index (κ3) is 6.60. The Balaban J connectivity index is 2.16. The average Bonchev–Trinajstić information content (AvgIpc) is 2.26. The van der Waals surface area contributed by atoms with Gasteiger partial charge in [-0.3, -0.25) is 0 Å². The van der Waals surface area contributed by atoms with Gasteiger partial charge < -0.3 is 10.1 Å². The first-order valence-corrected chi connectivity index (χ1v) is 6.91. The Morgan fingerprint density at radius 1 is 1.11 bits per heavy atom. The van der Waals surface area contributed by atoms with Crippen molar-refractivity contribution in [3.8, 4) is 0 Å². The van der Waals surface area contributed by atoms with Gasteiger partial charge in [0.2, 0.25) is 0 Å². The second-order valence-electron chi connectivity index (χ2n) is 5.29. The summed E-state index contributed by atoms with van der Waals surface area (Å²) in [4.78, 5) is 0. The van der Waals surface area contributed by atoms with E-state index < -0.39 is 0 Å². The van der Waals surface area contributed by atoms with Crippen molar-refractivity contribution in [3.05, 3.63) is 33.8 Å². The molecule has 2 nitrogen and oxygen atoms in total. The maximum absolute atomic E-state index is 5.94. The lowest BCUT2D eigenvalue weighted by Crippen LogP contribution is -2.38. The average molecular weight is 290 g/mol. The zero-order valence-corrected chi connectivity index (χ0v) is 12.7. The minimum absolute atomic E-state index is 0.146. The van der Waals surface area contributed by atoms with Crippen LogP contribution in [0.3, 0.4) is 0 Å². The first-order chi connectivity index (χ1) is 8.38. The van der Waals surface area contributed by atoms with Crippen LogP contribution in [0.25, 0.3) is 0 Å². The van der Waals surface area contributed by atoms with E-state index in [2.05, 4.69) is 26.1 Å². The number of rotatable bonds is 6. The van der Waals surface area contributed by atoms with E-state index in [9.17, 15) is 0 Å². The number of nitrogens with one attached hydrogen (secondary N) is 1. The smallest absolute Gasteiger partial charge is 0.0595 e. The van der Waals surface area contributed by atoms with Crippen LogP contribution in [0.15, 0.2) is 18.2 Å². The molecule has 1 aromatic rings. The van der Waals surface area contributed by atoms with Gasteiger partial charge in [-0.15, -0.1) is 0 Å². The highest BCUT2D eigenvalue weighted by Crippen LogP contribution is 2.22.